The number of amides is 2. The Morgan fingerprint density at radius 3 is 2.08 bits per heavy atom. The van der Waals surface area contributed by atoms with Crippen molar-refractivity contribution >= 4 is 62.3 Å². The zero-order chi connectivity index (χ0) is 28.0. The first-order chi connectivity index (χ1) is 17.9. The van der Waals surface area contributed by atoms with E-state index in [1.807, 2.05) is 13.8 Å². The first-order valence-corrected chi connectivity index (χ1v) is 14.3. The molecule has 1 atom stereocenters. The summed E-state index contributed by atoms with van der Waals surface area (Å²) in [7, 11) is -4.14. The molecule has 0 spiro atoms. The van der Waals surface area contributed by atoms with Gasteiger partial charge in [0, 0.05) is 17.6 Å². The van der Waals surface area contributed by atoms with Gasteiger partial charge in [0.15, 0.2) is 0 Å². The van der Waals surface area contributed by atoms with Crippen molar-refractivity contribution in [3.8, 4) is 0 Å². The van der Waals surface area contributed by atoms with Gasteiger partial charge in [0.2, 0.25) is 11.8 Å². The highest BCUT2D eigenvalue weighted by Crippen LogP contribution is 2.27. The zero-order valence-electron chi connectivity index (χ0n) is 21.1. The first kappa shape index (κ1) is 29.8. The van der Waals surface area contributed by atoms with Crippen LogP contribution in [-0.2, 0) is 26.2 Å². The average molecular weight is 597 g/mol. The summed E-state index contributed by atoms with van der Waals surface area (Å²) in [6, 6.07) is 17.8. The molecule has 0 radical (unpaired) electrons. The van der Waals surface area contributed by atoms with Crippen LogP contribution in [0, 0.1) is 0 Å². The maximum absolute atomic E-state index is 13.8. The van der Waals surface area contributed by atoms with Crippen molar-refractivity contribution in [3.63, 3.8) is 0 Å². The highest BCUT2D eigenvalue weighted by molar-refractivity contribution is 7.92. The average Bonchev–Trinajstić information content (AvgIpc) is 2.88. The van der Waals surface area contributed by atoms with Crippen LogP contribution in [-0.4, -0.2) is 43.8 Å². The summed E-state index contributed by atoms with van der Waals surface area (Å²) < 4.78 is 28.4. The van der Waals surface area contributed by atoms with Crippen molar-refractivity contribution in [3.05, 3.63) is 93.4 Å². The van der Waals surface area contributed by atoms with Gasteiger partial charge in [0.25, 0.3) is 10.0 Å². The molecule has 0 bridgehead atoms. The van der Waals surface area contributed by atoms with Gasteiger partial charge in [-0.3, -0.25) is 13.9 Å². The van der Waals surface area contributed by atoms with Gasteiger partial charge in [-0.05, 0) is 74.9 Å². The summed E-state index contributed by atoms with van der Waals surface area (Å²) in [5.41, 5.74) is 0.876. The van der Waals surface area contributed by atoms with Crippen LogP contribution >= 0.6 is 34.8 Å². The van der Waals surface area contributed by atoms with Gasteiger partial charge >= 0.3 is 0 Å². The topological polar surface area (TPSA) is 86.8 Å². The van der Waals surface area contributed by atoms with Crippen LogP contribution in [0.5, 0.6) is 0 Å². The predicted octanol–water partition coefficient (Wildman–Crippen LogP) is 5.78. The van der Waals surface area contributed by atoms with Gasteiger partial charge in [-0.15, -0.1) is 0 Å². The lowest BCUT2D eigenvalue weighted by atomic mass is 10.1. The minimum absolute atomic E-state index is 0.00223. The van der Waals surface area contributed by atoms with Crippen molar-refractivity contribution in [1.29, 1.82) is 0 Å². The van der Waals surface area contributed by atoms with Crippen LogP contribution in [0.2, 0.25) is 15.1 Å². The van der Waals surface area contributed by atoms with Gasteiger partial charge in [-0.25, -0.2) is 8.42 Å². The van der Waals surface area contributed by atoms with Crippen molar-refractivity contribution in [2.24, 2.45) is 0 Å². The molecular formula is C27H28Cl3N3O4S. The van der Waals surface area contributed by atoms with E-state index in [0.29, 0.717) is 20.6 Å². The maximum atomic E-state index is 13.8. The Morgan fingerprint density at radius 1 is 0.868 bits per heavy atom. The summed E-state index contributed by atoms with van der Waals surface area (Å²) in [6.07, 6.45) is 0. The van der Waals surface area contributed by atoms with Crippen LogP contribution < -0.4 is 9.62 Å². The molecular weight excluding hydrogens is 569 g/mol. The Morgan fingerprint density at radius 2 is 1.50 bits per heavy atom. The third-order valence-corrected chi connectivity index (χ3v) is 8.44. The van der Waals surface area contributed by atoms with E-state index in [2.05, 4.69) is 5.32 Å². The van der Waals surface area contributed by atoms with E-state index >= 15 is 0 Å². The molecule has 38 heavy (non-hydrogen) atoms. The molecule has 0 heterocycles. The van der Waals surface area contributed by atoms with E-state index in [-0.39, 0.29) is 29.1 Å². The smallest absolute Gasteiger partial charge is 0.264 e. The second kappa shape index (κ2) is 12.8. The van der Waals surface area contributed by atoms with Gasteiger partial charge in [0.05, 0.1) is 20.6 Å². The van der Waals surface area contributed by atoms with Gasteiger partial charge in [0.1, 0.15) is 12.6 Å². The van der Waals surface area contributed by atoms with Gasteiger partial charge in [-0.2, -0.15) is 0 Å². The molecule has 202 valence electrons. The molecule has 0 unspecified atom stereocenters. The fourth-order valence-corrected chi connectivity index (χ4v) is 5.56. The van der Waals surface area contributed by atoms with E-state index in [1.54, 1.807) is 55.5 Å². The summed E-state index contributed by atoms with van der Waals surface area (Å²) in [5, 5.41) is 3.86. The molecule has 0 aliphatic rings. The maximum Gasteiger partial charge on any atom is 0.264 e. The molecule has 1 N–H and O–H groups in total. The molecule has 0 aliphatic heterocycles. The molecule has 0 saturated carbocycles. The lowest BCUT2D eigenvalue weighted by Crippen LogP contribution is -2.52. The number of anilines is 1. The van der Waals surface area contributed by atoms with Crippen LogP contribution in [0.1, 0.15) is 26.3 Å². The quantitative estimate of drug-likeness (QED) is 0.321. The lowest BCUT2D eigenvalue weighted by Gasteiger charge is -2.32. The molecule has 7 nitrogen and oxygen atoms in total. The van der Waals surface area contributed by atoms with Gasteiger partial charge < -0.3 is 10.2 Å². The number of nitrogens with zero attached hydrogens (tertiary/aromatic N) is 2. The largest absolute Gasteiger partial charge is 0.352 e. The molecule has 3 aromatic rings. The Balaban J connectivity index is 2.02. The molecule has 3 rings (SSSR count). The fraction of sp³-hybridized carbons (Fsp3) is 0.259. The van der Waals surface area contributed by atoms with Crippen LogP contribution in [0.25, 0.3) is 0 Å². The monoisotopic (exact) mass is 595 g/mol. The number of hydrogen-bond donors (Lipinski definition) is 1. The number of hydrogen-bond acceptors (Lipinski definition) is 4. The molecule has 11 heteroatoms. The number of halogens is 3. The van der Waals surface area contributed by atoms with E-state index in [0.717, 1.165) is 4.31 Å². The first-order valence-electron chi connectivity index (χ1n) is 11.8. The Hall–Kier alpha value is -2.78. The third kappa shape index (κ3) is 7.41. The van der Waals surface area contributed by atoms with Crippen molar-refractivity contribution < 1.29 is 18.0 Å². The van der Waals surface area contributed by atoms with Crippen molar-refractivity contribution in [1.82, 2.24) is 10.2 Å². The number of nitrogens with one attached hydrogen (secondary N) is 1. The van der Waals surface area contributed by atoms with E-state index in [4.69, 9.17) is 34.8 Å². The number of rotatable bonds is 10. The third-order valence-electron chi connectivity index (χ3n) is 5.66. The van der Waals surface area contributed by atoms with E-state index < -0.39 is 28.5 Å². The van der Waals surface area contributed by atoms with Crippen LogP contribution in [0.15, 0.2) is 77.7 Å². The van der Waals surface area contributed by atoms with Crippen molar-refractivity contribution in [2.75, 3.05) is 10.8 Å². The molecule has 0 aromatic heterocycles. The second-order valence-corrected chi connectivity index (χ2v) is 12.0. The second-order valence-electron chi connectivity index (χ2n) is 8.91. The summed E-state index contributed by atoms with van der Waals surface area (Å²) in [6.45, 7) is 4.65. The highest BCUT2D eigenvalue weighted by Gasteiger charge is 2.32. The molecule has 2 amide bonds. The SMILES string of the molecule is CC(C)NC(=O)[C@H](C)N(Cc1ccc(Cl)c(Cl)c1)C(=O)CN(c1ccc(Cl)cc1)S(=O)(=O)c1ccccc1. The molecule has 0 fully saturated rings. The standard InChI is InChI=1S/C27H28Cl3N3O4S/c1-18(2)31-27(35)19(3)32(16-20-9-14-24(29)25(30)15-20)26(34)17-33(22-12-10-21(28)11-13-22)38(36,37)23-7-5-4-6-8-23/h4-15,18-19H,16-17H2,1-3H3,(H,31,35)/t19-/m0/s1. The van der Waals surface area contributed by atoms with Gasteiger partial charge in [-0.1, -0.05) is 59.1 Å². The number of sulfonamides is 1. The summed E-state index contributed by atoms with van der Waals surface area (Å²) in [5.74, 6) is -0.964. The van der Waals surface area contributed by atoms with E-state index in [1.165, 1.54) is 29.2 Å². The number of carbonyl (C=O) groups is 2. The minimum atomic E-state index is -4.14. The number of carbonyl (C=O) groups excluding carboxylic acids is 2. The Kier molecular flexibility index (Phi) is 10.1. The van der Waals surface area contributed by atoms with E-state index in [9.17, 15) is 18.0 Å². The fourth-order valence-electron chi connectivity index (χ4n) is 3.68. The highest BCUT2D eigenvalue weighted by atomic mass is 35.5. The zero-order valence-corrected chi connectivity index (χ0v) is 24.2. The Bertz CT molecular complexity index is 1380. The summed E-state index contributed by atoms with van der Waals surface area (Å²) >= 11 is 18.3. The Labute approximate surface area is 238 Å². The van der Waals surface area contributed by atoms with Crippen LogP contribution in [0.3, 0.4) is 0 Å². The number of benzene rings is 3. The van der Waals surface area contributed by atoms with Crippen LogP contribution in [0.4, 0.5) is 5.69 Å². The normalized spacial score (nSPS) is 12.2. The minimum Gasteiger partial charge on any atom is -0.352 e. The molecule has 0 saturated heterocycles. The predicted molar refractivity (Wildman–Crippen MR) is 152 cm³/mol. The molecule has 0 aliphatic carbocycles. The molecule has 3 aromatic carbocycles. The van der Waals surface area contributed by atoms with Crippen molar-refractivity contribution in [2.45, 2.75) is 44.3 Å². The summed E-state index contributed by atoms with van der Waals surface area (Å²) in [4.78, 5) is 28.1. The lowest BCUT2D eigenvalue weighted by molar-refractivity contribution is -0.139.